The van der Waals surface area contributed by atoms with Gasteiger partial charge in [-0.25, -0.2) is 4.79 Å². The molecule has 2 aromatic carbocycles. The number of benzene rings is 2. The van der Waals surface area contributed by atoms with Gasteiger partial charge < -0.3 is 5.32 Å². The maximum absolute atomic E-state index is 12.1. The van der Waals surface area contributed by atoms with E-state index in [0.717, 1.165) is 10.5 Å². The number of amides is 3. The second kappa shape index (κ2) is 5.39. The molecule has 21 heavy (non-hydrogen) atoms. The lowest BCUT2D eigenvalue weighted by atomic mass is 9.94. The predicted octanol–water partition coefficient (Wildman–Crippen LogP) is 4.09. The van der Waals surface area contributed by atoms with E-state index >= 15 is 0 Å². The SMILES string of the molecule is O=CN1C(=O)Nc2cccc(Cl)c2C1c1ccc(Cl)cc1. The van der Waals surface area contributed by atoms with E-state index in [2.05, 4.69) is 5.32 Å². The third-order valence-electron chi connectivity index (χ3n) is 3.38. The molecule has 0 saturated heterocycles. The summed E-state index contributed by atoms with van der Waals surface area (Å²) in [6.45, 7) is 0. The van der Waals surface area contributed by atoms with Crippen molar-refractivity contribution in [3.63, 3.8) is 0 Å². The Labute approximate surface area is 131 Å². The molecule has 3 rings (SSSR count). The molecule has 1 aliphatic heterocycles. The number of carbonyl (C=O) groups excluding carboxylic acids is 2. The van der Waals surface area contributed by atoms with E-state index in [-0.39, 0.29) is 0 Å². The lowest BCUT2D eigenvalue weighted by Crippen LogP contribution is -2.42. The number of fused-ring (bicyclic) bond motifs is 1. The van der Waals surface area contributed by atoms with Crippen molar-refractivity contribution >= 4 is 41.3 Å². The lowest BCUT2D eigenvalue weighted by molar-refractivity contribution is -0.116. The Kier molecular flexibility index (Phi) is 3.57. The van der Waals surface area contributed by atoms with Crippen LogP contribution in [-0.2, 0) is 4.79 Å². The smallest absolute Gasteiger partial charge is 0.307 e. The van der Waals surface area contributed by atoms with Crippen LogP contribution in [0.5, 0.6) is 0 Å². The number of rotatable bonds is 2. The number of anilines is 1. The fourth-order valence-corrected chi connectivity index (χ4v) is 2.84. The Morgan fingerprint density at radius 2 is 1.81 bits per heavy atom. The maximum Gasteiger partial charge on any atom is 0.329 e. The van der Waals surface area contributed by atoms with Gasteiger partial charge in [-0.15, -0.1) is 0 Å². The van der Waals surface area contributed by atoms with Crippen LogP contribution in [0.4, 0.5) is 10.5 Å². The Bertz CT molecular complexity index is 716. The molecular weight excluding hydrogens is 311 g/mol. The van der Waals surface area contributed by atoms with Crippen LogP contribution in [0.25, 0.3) is 0 Å². The van der Waals surface area contributed by atoms with Crippen LogP contribution in [0, 0.1) is 0 Å². The molecule has 1 atom stereocenters. The number of nitrogens with zero attached hydrogens (tertiary/aromatic N) is 1. The topological polar surface area (TPSA) is 49.4 Å². The van der Waals surface area contributed by atoms with Crippen molar-refractivity contribution in [1.29, 1.82) is 0 Å². The largest absolute Gasteiger partial charge is 0.329 e. The summed E-state index contributed by atoms with van der Waals surface area (Å²) < 4.78 is 0. The number of urea groups is 1. The van der Waals surface area contributed by atoms with Gasteiger partial charge in [0.15, 0.2) is 0 Å². The summed E-state index contributed by atoms with van der Waals surface area (Å²) in [6.07, 6.45) is 0.501. The van der Waals surface area contributed by atoms with Crippen LogP contribution in [0.15, 0.2) is 42.5 Å². The van der Waals surface area contributed by atoms with Crippen molar-refractivity contribution in [3.8, 4) is 0 Å². The first-order chi connectivity index (χ1) is 10.1. The first-order valence-electron chi connectivity index (χ1n) is 6.20. The van der Waals surface area contributed by atoms with Crippen molar-refractivity contribution in [3.05, 3.63) is 63.6 Å². The molecule has 1 unspecified atom stereocenters. The lowest BCUT2D eigenvalue weighted by Gasteiger charge is -2.34. The second-order valence-corrected chi connectivity index (χ2v) is 5.44. The monoisotopic (exact) mass is 320 g/mol. The Hall–Kier alpha value is -2.04. The van der Waals surface area contributed by atoms with Crippen molar-refractivity contribution in [2.45, 2.75) is 6.04 Å². The van der Waals surface area contributed by atoms with Gasteiger partial charge in [0.2, 0.25) is 6.41 Å². The van der Waals surface area contributed by atoms with Crippen molar-refractivity contribution in [2.24, 2.45) is 0 Å². The second-order valence-electron chi connectivity index (χ2n) is 4.60. The molecule has 2 aromatic rings. The summed E-state index contributed by atoms with van der Waals surface area (Å²) in [6, 6.07) is 11.1. The summed E-state index contributed by atoms with van der Waals surface area (Å²) in [5.74, 6) is 0. The quantitative estimate of drug-likeness (QED) is 0.847. The number of nitrogens with one attached hydrogen (secondary N) is 1. The maximum atomic E-state index is 12.1. The molecule has 0 fully saturated rings. The van der Waals surface area contributed by atoms with Gasteiger partial charge in [0.25, 0.3) is 0 Å². The molecule has 0 saturated carbocycles. The number of halogens is 2. The number of hydrogen-bond acceptors (Lipinski definition) is 2. The van der Waals surface area contributed by atoms with Crippen LogP contribution >= 0.6 is 23.2 Å². The first kappa shape index (κ1) is 13.9. The highest BCUT2D eigenvalue weighted by Crippen LogP contribution is 2.41. The minimum atomic E-state index is -0.572. The fraction of sp³-hybridized carbons (Fsp3) is 0.0667. The van der Waals surface area contributed by atoms with E-state index in [9.17, 15) is 9.59 Å². The van der Waals surface area contributed by atoms with Gasteiger partial charge in [-0.05, 0) is 29.8 Å². The molecular formula is C15H10Cl2N2O2. The average molecular weight is 321 g/mol. The summed E-state index contributed by atoms with van der Waals surface area (Å²) in [5.41, 5.74) is 2.05. The van der Waals surface area contributed by atoms with Gasteiger partial charge in [0, 0.05) is 21.3 Å². The highest BCUT2D eigenvalue weighted by molar-refractivity contribution is 6.32. The predicted molar refractivity (Wildman–Crippen MR) is 81.7 cm³/mol. The van der Waals surface area contributed by atoms with Gasteiger partial charge in [-0.2, -0.15) is 0 Å². The third kappa shape index (κ3) is 2.37. The van der Waals surface area contributed by atoms with Crippen LogP contribution in [0.1, 0.15) is 17.2 Å². The van der Waals surface area contributed by atoms with Crippen LogP contribution in [0.3, 0.4) is 0 Å². The molecule has 6 heteroatoms. The fourth-order valence-electron chi connectivity index (χ4n) is 2.44. The number of hydrogen-bond donors (Lipinski definition) is 1. The Morgan fingerprint density at radius 1 is 1.10 bits per heavy atom. The minimum absolute atomic E-state index is 0.485. The van der Waals surface area contributed by atoms with E-state index in [1.54, 1.807) is 42.5 Å². The normalized spacial score (nSPS) is 17.1. The first-order valence-corrected chi connectivity index (χ1v) is 6.96. The van der Waals surface area contributed by atoms with Crippen LogP contribution < -0.4 is 5.32 Å². The van der Waals surface area contributed by atoms with Gasteiger partial charge in [0.05, 0.1) is 6.04 Å². The zero-order valence-corrected chi connectivity index (χ0v) is 12.2. The van der Waals surface area contributed by atoms with E-state index in [4.69, 9.17) is 23.2 Å². The van der Waals surface area contributed by atoms with Crippen molar-refractivity contribution in [2.75, 3.05) is 5.32 Å². The van der Waals surface area contributed by atoms with E-state index in [1.807, 2.05) is 0 Å². The molecule has 1 heterocycles. The zero-order chi connectivity index (χ0) is 15.0. The van der Waals surface area contributed by atoms with Crippen LogP contribution in [0.2, 0.25) is 10.0 Å². The molecule has 0 bridgehead atoms. The van der Waals surface area contributed by atoms with E-state index < -0.39 is 12.1 Å². The van der Waals surface area contributed by atoms with Crippen molar-refractivity contribution in [1.82, 2.24) is 4.90 Å². The van der Waals surface area contributed by atoms with Gasteiger partial charge in [0.1, 0.15) is 0 Å². The Balaban J connectivity index is 2.21. The summed E-state index contributed by atoms with van der Waals surface area (Å²) in [5, 5.41) is 3.72. The minimum Gasteiger partial charge on any atom is -0.307 e. The zero-order valence-electron chi connectivity index (χ0n) is 10.7. The molecule has 106 valence electrons. The summed E-state index contributed by atoms with van der Waals surface area (Å²) >= 11 is 12.2. The standard InChI is InChI=1S/C15H10Cl2N2O2/c16-10-6-4-9(5-7-10)14-13-11(17)2-1-3-12(13)18-15(21)19(14)8-20/h1-8,14H,(H,18,21). The summed E-state index contributed by atoms with van der Waals surface area (Å²) in [4.78, 5) is 24.5. The molecule has 1 N–H and O–H groups in total. The molecule has 0 spiro atoms. The Morgan fingerprint density at radius 3 is 2.48 bits per heavy atom. The number of imide groups is 1. The van der Waals surface area contributed by atoms with E-state index in [0.29, 0.717) is 27.7 Å². The molecule has 3 amide bonds. The average Bonchev–Trinajstić information content (AvgIpc) is 2.47. The highest BCUT2D eigenvalue weighted by Gasteiger charge is 2.34. The number of carbonyl (C=O) groups is 2. The summed E-state index contributed by atoms with van der Waals surface area (Å²) in [7, 11) is 0. The van der Waals surface area contributed by atoms with Gasteiger partial charge in [-0.1, -0.05) is 41.4 Å². The van der Waals surface area contributed by atoms with Crippen molar-refractivity contribution < 1.29 is 9.59 Å². The van der Waals surface area contributed by atoms with Crippen LogP contribution in [-0.4, -0.2) is 17.3 Å². The third-order valence-corrected chi connectivity index (χ3v) is 3.96. The van der Waals surface area contributed by atoms with E-state index in [1.165, 1.54) is 0 Å². The van der Waals surface area contributed by atoms with Gasteiger partial charge >= 0.3 is 6.03 Å². The molecule has 0 aliphatic carbocycles. The molecule has 0 aromatic heterocycles. The molecule has 1 aliphatic rings. The van der Waals surface area contributed by atoms with Gasteiger partial charge in [-0.3, -0.25) is 9.69 Å². The molecule has 4 nitrogen and oxygen atoms in total. The molecule has 0 radical (unpaired) electrons. The highest BCUT2D eigenvalue weighted by atomic mass is 35.5.